The van der Waals surface area contributed by atoms with Crippen LogP contribution in [-0.4, -0.2) is 9.97 Å². The second-order valence-corrected chi connectivity index (χ2v) is 3.55. The fourth-order valence-corrected chi connectivity index (χ4v) is 2.22. The molecule has 1 N–H and O–H groups in total. The van der Waals surface area contributed by atoms with Gasteiger partial charge in [0.05, 0.1) is 5.69 Å². The van der Waals surface area contributed by atoms with Gasteiger partial charge in [0.1, 0.15) is 5.82 Å². The van der Waals surface area contributed by atoms with E-state index in [0.29, 0.717) is 0 Å². The third kappa shape index (κ3) is 1.07. The van der Waals surface area contributed by atoms with Gasteiger partial charge in [-0.05, 0) is 6.92 Å². The highest BCUT2D eigenvalue weighted by molar-refractivity contribution is 7.98. The largest absolute Gasteiger partial charge is 0.311 e. The van der Waals surface area contributed by atoms with E-state index >= 15 is 0 Å². The smallest absolute Gasteiger partial charge is 0.255 e. The topological polar surface area (TPSA) is 45.8 Å². The molecule has 0 unspecified atom stereocenters. The predicted octanol–water partition coefficient (Wildman–Crippen LogP) is 0.825. The first kappa shape index (κ1) is 6.91. The Hall–Kier alpha value is -0.770. The van der Waals surface area contributed by atoms with E-state index in [4.69, 9.17) is 0 Å². The molecule has 0 saturated carbocycles. The maximum atomic E-state index is 11.2. The lowest BCUT2D eigenvalue weighted by Crippen LogP contribution is -2.15. The van der Waals surface area contributed by atoms with Gasteiger partial charge in [-0.25, -0.2) is 4.98 Å². The molecule has 58 valence electrons. The average Bonchev–Trinajstić information content (AvgIpc) is 2.34. The number of hydrogen-bond acceptors (Lipinski definition) is 3. The molecule has 0 atom stereocenters. The molecule has 0 saturated heterocycles. The van der Waals surface area contributed by atoms with Crippen molar-refractivity contribution < 1.29 is 0 Å². The molecule has 1 aliphatic rings. The van der Waals surface area contributed by atoms with Crippen molar-refractivity contribution in [2.75, 3.05) is 0 Å². The first-order valence-corrected chi connectivity index (χ1v) is 4.59. The second-order valence-electron chi connectivity index (χ2n) is 2.57. The lowest BCUT2D eigenvalue weighted by Gasteiger charge is -1.96. The van der Waals surface area contributed by atoms with E-state index in [9.17, 15) is 4.79 Å². The molecule has 0 aromatic carbocycles. The van der Waals surface area contributed by atoms with E-state index in [-0.39, 0.29) is 5.56 Å². The molecule has 1 aromatic heterocycles. The van der Waals surface area contributed by atoms with Gasteiger partial charge >= 0.3 is 0 Å². The van der Waals surface area contributed by atoms with Gasteiger partial charge in [0.25, 0.3) is 5.56 Å². The van der Waals surface area contributed by atoms with Gasteiger partial charge in [0.15, 0.2) is 0 Å². The van der Waals surface area contributed by atoms with Crippen LogP contribution in [0.15, 0.2) is 4.79 Å². The quantitative estimate of drug-likeness (QED) is 0.624. The maximum Gasteiger partial charge on any atom is 0.255 e. The number of aromatic nitrogens is 2. The summed E-state index contributed by atoms with van der Waals surface area (Å²) < 4.78 is 0. The van der Waals surface area contributed by atoms with Gasteiger partial charge in [-0.2, -0.15) is 11.8 Å². The Balaban J connectivity index is 2.70. The van der Waals surface area contributed by atoms with Crippen molar-refractivity contribution in [3.8, 4) is 0 Å². The number of H-pyrrole nitrogens is 1. The summed E-state index contributed by atoms with van der Waals surface area (Å²) in [5.41, 5.74) is 1.87. The minimum atomic E-state index is 0.0394. The highest BCUT2D eigenvalue weighted by atomic mass is 32.2. The highest BCUT2D eigenvalue weighted by Gasteiger charge is 2.15. The van der Waals surface area contributed by atoms with Crippen LogP contribution in [0.3, 0.4) is 0 Å². The molecular formula is C7H8N2OS. The Morgan fingerprint density at radius 2 is 2.36 bits per heavy atom. The zero-order valence-electron chi connectivity index (χ0n) is 6.18. The van der Waals surface area contributed by atoms with E-state index in [0.717, 1.165) is 28.6 Å². The van der Waals surface area contributed by atoms with Crippen molar-refractivity contribution in [2.45, 2.75) is 18.4 Å². The maximum absolute atomic E-state index is 11.2. The fourth-order valence-electron chi connectivity index (χ4n) is 1.19. The number of hydrogen-bond donors (Lipinski definition) is 1. The van der Waals surface area contributed by atoms with Crippen molar-refractivity contribution >= 4 is 11.8 Å². The summed E-state index contributed by atoms with van der Waals surface area (Å²) in [6.07, 6.45) is 0. The Bertz CT molecular complexity index is 345. The Labute approximate surface area is 68.2 Å². The van der Waals surface area contributed by atoms with Crippen molar-refractivity contribution in [1.82, 2.24) is 9.97 Å². The summed E-state index contributed by atoms with van der Waals surface area (Å²) >= 11 is 1.74. The molecule has 0 amide bonds. The van der Waals surface area contributed by atoms with Gasteiger partial charge in [0, 0.05) is 17.1 Å². The second kappa shape index (κ2) is 2.37. The molecule has 4 heteroatoms. The number of nitrogens with one attached hydrogen (secondary N) is 1. The highest BCUT2D eigenvalue weighted by Crippen LogP contribution is 2.24. The van der Waals surface area contributed by atoms with E-state index in [2.05, 4.69) is 9.97 Å². The zero-order chi connectivity index (χ0) is 7.84. The van der Waals surface area contributed by atoms with Crippen LogP contribution in [0.4, 0.5) is 0 Å². The zero-order valence-corrected chi connectivity index (χ0v) is 6.99. The first-order valence-electron chi connectivity index (χ1n) is 3.44. The third-order valence-electron chi connectivity index (χ3n) is 1.70. The van der Waals surface area contributed by atoms with Gasteiger partial charge in [0.2, 0.25) is 0 Å². The van der Waals surface area contributed by atoms with Crippen molar-refractivity contribution in [3.05, 3.63) is 27.4 Å². The Morgan fingerprint density at radius 1 is 1.55 bits per heavy atom. The summed E-state index contributed by atoms with van der Waals surface area (Å²) in [4.78, 5) is 18.2. The number of aryl methyl sites for hydroxylation is 1. The number of thioether (sulfide) groups is 1. The predicted molar refractivity (Wildman–Crippen MR) is 44.6 cm³/mol. The molecule has 0 bridgehead atoms. The van der Waals surface area contributed by atoms with Crippen molar-refractivity contribution in [3.63, 3.8) is 0 Å². The molecule has 3 nitrogen and oxygen atoms in total. The lowest BCUT2D eigenvalue weighted by molar-refractivity contribution is 0.955. The fraction of sp³-hybridized carbons (Fsp3) is 0.429. The molecule has 1 aromatic rings. The summed E-state index contributed by atoms with van der Waals surface area (Å²) in [6, 6.07) is 0. The first-order chi connectivity index (χ1) is 5.27. The van der Waals surface area contributed by atoms with E-state index in [1.807, 2.05) is 6.92 Å². The van der Waals surface area contributed by atoms with Crippen LogP contribution in [0.5, 0.6) is 0 Å². The van der Waals surface area contributed by atoms with Gasteiger partial charge < -0.3 is 4.98 Å². The number of aromatic amines is 1. The summed E-state index contributed by atoms with van der Waals surface area (Å²) in [7, 11) is 0. The standard InChI is InChI=1S/C7H8N2OS/c1-4-8-6-3-11-2-5(6)7(10)9-4/h2-3H2,1H3,(H,8,9,10). The van der Waals surface area contributed by atoms with Crippen molar-refractivity contribution in [1.29, 1.82) is 0 Å². The van der Waals surface area contributed by atoms with Crippen molar-refractivity contribution in [2.24, 2.45) is 0 Å². The number of fused-ring (bicyclic) bond motifs is 1. The van der Waals surface area contributed by atoms with Crippen LogP contribution in [0, 0.1) is 6.92 Å². The number of rotatable bonds is 0. The molecule has 0 fully saturated rings. The summed E-state index contributed by atoms with van der Waals surface area (Å²) in [5, 5.41) is 0. The van der Waals surface area contributed by atoms with Crippen LogP contribution >= 0.6 is 11.8 Å². The Kier molecular flexibility index (Phi) is 1.49. The van der Waals surface area contributed by atoms with Gasteiger partial charge in [-0.15, -0.1) is 0 Å². The molecular weight excluding hydrogens is 160 g/mol. The summed E-state index contributed by atoms with van der Waals surface area (Å²) in [6.45, 7) is 1.81. The summed E-state index contributed by atoms with van der Waals surface area (Å²) in [5.74, 6) is 2.43. The van der Waals surface area contributed by atoms with Crippen LogP contribution in [0.25, 0.3) is 0 Å². The van der Waals surface area contributed by atoms with Crippen LogP contribution in [0.1, 0.15) is 17.1 Å². The molecule has 2 heterocycles. The van der Waals surface area contributed by atoms with Crippen LogP contribution in [0.2, 0.25) is 0 Å². The van der Waals surface area contributed by atoms with E-state index in [1.165, 1.54) is 0 Å². The van der Waals surface area contributed by atoms with Gasteiger partial charge in [-0.1, -0.05) is 0 Å². The van der Waals surface area contributed by atoms with E-state index in [1.54, 1.807) is 11.8 Å². The minimum Gasteiger partial charge on any atom is -0.311 e. The Morgan fingerprint density at radius 3 is 3.18 bits per heavy atom. The normalized spacial score (nSPS) is 15.0. The third-order valence-corrected chi connectivity index (χ3v) is 2.68. The molecule has 0 spiro atoms. The molecule has 11 heavy (non-hydrogen) atoms. The molecule has 0 radical (unpaired) electrons. The molecule has 0 aliphatic carbocycles. The average molecular weight is 168 g/mol. The lowest BCUT2D eigenvalue weighted by atomic mass is 10.3. The van der Waals surface area contributed by atoms with Gasteiger partial charge in [-0.3, -0.25) is 4.79 Å². The van der Waals surface area contributed by atoms with E-state index < -0.39 is 0 Å². The molecule has 1 aliphatic heterocycles. The SMILES string of the molecule is Cc1nc2c(c(=O)[nH]1)CSC2. The minimum absolute atomic E-state index is 0.0394. The van der Waals surface area contributed by atoms with Crippen LogP contribution in [-0.2, 0) is 11.5 Å². The number of nitrogens with zero attached hydrogens (tertiary/aromatic N) is 1. The monoisotopic (exact) mass is 168 g/mol. The van der Waals surface area contributed by atoms with Crippen LogP contribution < -0.4 is 5.56 Å². The molecule has 2 rings (SSSR count).